The minimum absolute atomic E-state index is 0.103. The van der Waals surface area contributed by atoms with Crippen molar-refractivity contribution in [3.63, 3.8) is 0 Å². The maximum atomic E-state index is 11.7. The summed E-state index contributed by atoms with van der Waals surface area (Å²) in [6, 6.07) is 0. The summed E-state index contributed by atoms with van der Waals surface area (Å²) in [5.41, 5.74) is -0.441. The smallest absolute Gasteiger partial charge is 0.308 e. The van der Waals surface area contributed by atoms with Gasteiger partial charge < -0.3 is 14.2 Å². The molecule has 1 aliphatic rings. The highest BCUT2D eigenvalue weighted by atomic mass is 16.7. The Kier molecular flexibility index (Phi) is 4.20. The van der Waals surface area contributed by atoms with E-state index < -0.39 is 11.4 Å². The second-order valence-corrected chi connectivity index (χ2v) is 6.09. The molecule has 0 unspecified atom stereocenters. The maximum absolute atomic E-state index is 11.7. The van der Waals surface area contributed by atoms with Crippen LogP contribution in [0.2, 0.25) is 0 Å². The van der Waals surface area contributed by atoms with E-state index >= 15 is 0 Å². The Labute approximate surface area is 104 Å². The normalized spacial score (nSPS) is 28.8. The third kappa shape index (κ3) is 5.50. The summed E-state index contributed by atoms with van der Waals surface area (Å²) in [6.45, 7) is 11.3. The fourth-order valence-corrected chi connectivity index (χ4v) is 2.07. The van der Waals surface area contributed by atoms with E-state index in [1.54, 1.807) is 0 Å². The molecular weight excluding hydrogens is 220 g/mol. The van der Waals surface area contributed by atoms with Crippen LogP contribution in [-0.2, 0) is 19.0 Å². The van der Waals surface area contributed by atoms with Gasteiger partial charge in [-0.1, -0.05) is 0 Å². The number of esters is 1. The second-order valence-electron chi connectivity index (χ2n) is 6.09. The Hall–Kier alpha value is -0.610. The minimum Gasteiger partial charge on any atom is -0.460 e. The monoisotopic (exact) mass is 244 g/mol. The van der Waals surface area contributed by atoms with Crippen LogP contribution in [0.25, 0.3) is 0 Å². The van der Waals surface area contributed by atoms with Gasteiger partial charge in [0.1, 0.15) is 5.60 Å². The molecule has 1 saturated heterocycles. The third-order valence-electron chi connectivity index (χ3n) is 2.34. The van der Waals surface area contributed by atoms with Gasteiger partial charge in [-0.05, 0) is 41.5 Å². The number of rotatable bonds is 2. The van der Waals surface area contributed by atoms with Crippen molar-refractivity contribution in [1.82, 2.24) is 0 Å². The lowest BCUT2D eigenvalue weighted by Gasteiger charge is -2.39. The molecule has 0 aromatic carbocycles. The summed E-state index contributed by atoms with van der Waals surface area (Å²) in [7, 11) is 0. The first kappa shape index (κ1) is 14.5. The molecule has 0 radical (unpaired) electrons. The van der Waals surface area contributed by atoms with Gasteiger partial charge in [0.25, 0.3) is 0 Å². The average molecular weight is 244 g/mol. The Balaban J connectivity index is 2.49. The molecular formula is C13H24O4. The van der Waals surface area contributed by atoms with Gasteiger partial charge in [0.05, 0.1) is 18.6 Å². The van der Waals surface area contributed by atoms with Crippen molar-refractivity contribution in [1.29, 1.82) is 0 Å². The van der Waals surface area contributed by atoms with Crippen molar-refractivity contribution in [3.8, 4) is 0 Å². The highest BCUT2D eigenvalue weighted by molar-refractivity contribution is 5.70. The van der Waals surface area contributed by atoms with E-state index in [0.717, 1.165) is 6.42 Å². The molecule has 4 heteroatoms. The van der Waals surface area contributed by atoms with Crippen molar-refractivity contribution in [2.45, 2.75) is 78.0 Å². The fraction of sp³-hybridized carbons (Fsp3) is 0.923. The standard InChI is InChI=1S/C13H24O4/c1-9-7-10(16-13(5,6)15-9)8-11(14)17-12(2,3)4/h9-10H,7-8H2,1-6H3/t9-,10-/m1/s1. The predicted molar refractivity (Wildman–Crippen MR) is 64.6 cm³/mol. The number of hydrogen-bond acceptors (Lipinski definition) is 4. The van der Waals surface area contributed by atoms with Crippen LogP contribution in [0.15, 0.2) is 0 Å². The first-order valence-electron chi connectivity index (χ1n) is 6.15. The van der Waals surface area contributed by atoms with E-state index in [9.17, 15) is 4.79 Å². The average Bonchev–Trinajstić information content (AvgIpc) is 1.93. The van der Waals surface area contributed by atoms with Crippen molar-refractivity contribution < 1.29 is 19.0 Å². The van der Waals surface area contributed by atoms with E-state index in [-0.39, 0.29) is 24.6 Å². The van der Waals surface area contributed by atoms with Crippen LogP contribution in [0.5, 0.6) is 0 Å². The van der Waals surface area contributed by atoms with Gasteiger partial charge in [0, 0.05) is 6.42 Å². The molecule has 1 rings (SSSR count). The molecule has 4 nitrogen and oxygen atoms in total. The molecule has 0 saturated carbocycles. The molecule has 0 bridgehead atoms. The zero-order chi connectivity index (χ0) is 13.3. The van der Waals surface area contributed by atoms with Crippen molar-refractivity contribution in [2.75, 3.05) is 0 Å². The van der Waals surface area contributed by atoms with Crippen LogP contribution < -0.4 is 0 Å². The van der Waals surface area contributed by atoms with E-state index in [1.807, 2.05) is 41.5 Å². The van der Waals surface area contributed by atoms with Crippen LogP contribution in [0, 0.1) is 0 Å². The zero-order valence-electron chi connectivity index (χ0n) is 11.7. The number of carbonyl (C=O) groups is 1. The summed E-state index contributed by atoms with van der Waals surface area (Å²) in [5, 5.41) is 0. The largest absolute Gasteiger partial charge is 0.460 e. The van der Waals surface area contributed by atoms with Crippen LogP contribution in [-0.4, -0.2) is 29.6 Å². The first-order valence-corrected chi connectivity index (χ1v) is 6.15. The first-order chi connectivity index (χ1) is 7.57. The van der Waals surface area contributed by atoms with E-state index in [4.69, 9.17) is 14.2 Å². The molecule has 17 heavy (non-hydrogen) atoms. The maximum Gasteiger partial charge on any atom is 0.308 e. The zero-order valence-corrected chi connectivity index (χ0v) is 11.7. The van der Waals surface area contributed by atoms with Crippen LogP contribution in [0.1, 0.15) is 54.4 Å². The van der Waals surface area contributed by atoms with Crippen molar-refractivity contribution >= 4 is 5.97 Å². The summed E-state index contributed by atoms with van der Waals surface area (Å²) in [4.78, 5) is 11.7. The fourth-order valence-electron chi connectivity index (χ4n) is 2.07. The predicted octanol–water partition coefficient (Wildman–Crippen LogP) is 2.65. The Morgan fingerprint density at radius 2 is 1.94 bits per heavy atom. The Morgan fingerprint density at radius 1 is 1.35 bits per heavy atom. The minimum atomic E-state index is -0.621. The highest BCUT2D eigenvalue weighted by Crippen LogP contribution is 2.28. The van der Waals surface area contributed by atoms with Crippen molar-refractivity contribution in [2.24, 2.45) is 0 Å². The van der Waals surface area contributed by atoms with Crippen LogP contribution in [0.4, 0.5) is 0 Å². The van der Waals surface area contributed by atoms with Gasteiger partial charge in [-0.3, -0.25) is 4.79 Å². The Bertz CT molecular complexity index is 278. The van der Waals surface area contributed by atoms with E-state index in [2.05, 4.69) is 0 Å². The highest BCUT2D eigenvalue weighted by Gasteiger charge is 2.35. The molecule has 0 aromatic heterocycles. The molecule has 0 aromatic rings. The van der Waals surface area contributed by atoms with Crippen LogP contribution in [0.3, 0.4) is 0 Å². The third-order valence-corrected chi connectivity index (χ3v) is 2.34. The van der Waals surface area contributed by atoms with Gasteiger partial charge in [0.15, 0.2) is 5.79 Å². The van der Waals surface area contributed by atoms with E-state index in [1.165, 1.54) is 0 Å². The van der Waals surface area contributed by atoms with Gasteiger partial charge in [-0.2, -0.15) is 0 Å². The molecule has 0 N–H and O–H groups in total. The van der Waals surface area contributed by atoms with Gasteiger partial charge >= 0.3 is 5.97 Å². The Morgan fingerprint density at radius 3 is 2.41 bits per heavy atom. The van der Waals surface area contributed by atoms with Gasteiger partial charge in [-0.15, -0.1) is 0 Å². The molecule has 100 valence electrons. The molecule has 0 spiro atoms. The SMILES string of the molecule is C[C@@H]1C[C@H](CC(=O)OC(C)(C)C)OC(C)(C)O1. The summed E-state index contributed by atoms with van der Waals surface area (Å²) < 4.78 is 16.6. The molecule has 1 heterocycles. The lowest BCUT2D eigenvalue weighted by atomic mass is 10.1. The number of carbonyl (C=O) groups excluding carboxylic acids is 1. The van der Waals surface area contributed by atoms with Crippen molar-refractivity contribution in [3.05, 3.63) is 0 Å². The summed E-state index contributed by atoms with van der Waals surface area (Å²) in [6.07, 6.45) is 0.992. The quantitative estimate of drug-likeness (QED) is 0.700. The topological polar surface area (TPSA) is 44.8 Å². The molecule has 2 atom stereocenters. The number of hydrogen-bond donors (Lipinski definition) is 0. The van der Waals surface area contributed by atoms with Crippen LogP contribution >= 0.6 is 0 Å². The van der Waals surface area contributed by atoms with Gasteiger partial charge in [0.2, 0.25) is 0 Å². The van der Waals surface area contributed by atoms with E-state index in [0.29, 0.717) is 0 Å². The summed E-state index contributed by atoms with van der Waals surface area (Å²) in [5.74, 6) is -0.836. The molecule has 1 aliphatic heterocycles. The summed E-state index contributed by atoms with van der Waals surface area (Å²) >= 11 is 0. The lowest BCUT2D eigenvalue weighted by Crippen LogP contribution is -2.44. The molecule has 0 aliphatic carbocycles. The molecule has 1 fully saturated rings. The van der Waals surface area contributed by atoms with Gasteiger partial charge in [-0.25, -0.2) is 0 Å². The second kappa shape index (κ2) is 4.94. The number of ether oxygens (including phenoxy) is 3. The molecule has 0 amide bonds. The lowest BCUT2D eigenvalue weighted by molar-refractivity contribution is -0.296.